The molecular formula is C36H40FN3O5S. The van der Waals surface area contributed by atoms with Crippen molar-refractivity contribution in [3.05, 3.63) is 125 Å². The molecule has 0 saturated carbocycles. The summed E-state index contributed by atoms with van der Waals surface area (Å²) in [6.45, 7) is 5.32. The smallest absolute Gasteiger partial charge is 0.264 e. The van der Waals surface area contributed by atoms with E-state index in [0.717, 1.165) is 21.0 Å². The Morgan fingerprint density at radius 1 is 0.870 bits per heavy atom. The largest absolute Gasteiger partial charge is 0.495 e. The second-order valence-electron chi connectivity index (χ2n) is 11.1. The molecule has 0 heterocycles. The van der Waals surface area contributed by atoms with E-state index in [-0.39, 0.29) is 35.2 Å². The normalized spacial score (nSPS) is 11.8. The second-order valence-corrected chi connectivity index (χ2v) is 13.0. The summed E-state index contributed by atoms with van der Waals surface area (Å²) in [4.78, 5) is 29.7. The van der Waals surface area contributed by atoms with E-state index < -0.39 is 34.3 Å². The number of nitrogens with zero attached hydrogens (tertiary/aromatic N) is 2. The van der Waals surface area contributed by atoms with Gasteiger partial charge in [-0.05, 0) is 73.4 Å². The van der Waals surface area contributed by atoms with E-state index in [0.29, 0.717) is 18.5 Å². The van der Waals surface area contributed by atoms with Crippen LogP contribution in [0.5, 0.6) is 5.75 Å². The molecule has 1 atom stereocenters. The number of carbonyl (C=O) groups is 2. The van der Waals surface area contributed by atoms with Gasteiger partial charge in [-0.2, -0.15) is 0 Å². The summed E-state index contributed by atoms with van der Waals surface area (Å²) in [6, 6.07) is 25.4. The van der Waals surface area contributed by atoms with Crippen LogP contribution in [-0.2, 0) is 32.6 Å². The van der Waals surface area contributed by atoms with Crippen LogP contribution in [-0.4, -0.2) is 51.4 Å². The molecule has 46 heavy (non-hydrogen) atoms. The Bertz CT molecular complexity index is 1730. The van der Waals surface area contributed by atoms with Gasteiger partial charge in [0.1, 0.15) is 24.2 Å². The first-order valence-corrected chi connectivity index (χ1v) is 16.6. The molecule has 4 aromatic rings. The molecule has 0 spiro atoms. The van der Waals surface area contributed by atoms with Crippen LogP contribution in [0.2, 0.25) is 0 Å². The number of nitrogens with one attached hydrogen (secondary N) is 1. The summed E-state index contributed by atoms with van der Waals surface area (Å²) in [5, 5.41) is 2.91. The van der Waals surface area contributed by atoms with Gasteiger partial charge < -0.3 is 15.0 Å². The SMILES string of the molecule is CCCNC(=O)[C@H](Cc1ccccc1)N(Cc1ccc(F)cc1)C(=O)CN(c1cc(C)ccc1OC)S(=O)(=O)c1ccc(C)cc1. The maximum atomic E-state index is 14.5. The fourth-order valence-electron chi connectivity index (χ4n) is 5.05. The number of amides is 2. The number of ether oxygens (including phenoxy) is 1. The van der Waals surface area contributed by atoms with Gasteiger partial charge >= 0.3 is 0 Å². The molecule has 10 heteroatoms. The molecule has 4 rings (SSSR count). The van der Waals surface area contributed by atoms with Crippen molar-refractivity contribution in [2.75, 3.05) is 24.5 Å². The fraction of sp³-hybridized carbons (Fsp3) is 0.278. The molecule has 0 aliphatic carbocycles. The van der Waals surface area contributed by atoms with Gasteiger partial charge in [-0.3, -0.25) is 13.9 Å². The third-order valence-corrected chi connectivity index (χ3v) is 9.35. The standard InChI is InChI=1S/C36H40FN3O5S/c1-5-21-38-36(42)33(23-28-9-7-6-8-10-28)39(24-29-14-16-30(37)17-15-29)35(41)25-40(32-22-27(3)13-20-34(32)45-4)46(43,44)31-18-11-26(2)12-19-31/h6-20,22,33H,5,21,23-25H2,1-4H3,(H,38,42)/t33-/m0/s1. The summed E-state index contributed by atoms with van der Waals surface area (Å²) in [5.74, 6) is -1.16. The Balaban J connectivity index is 1.84. The lowest BCUT2D eigenvalue weighted by Crippen LogP contribution is -2.53. The molecule has 0 aliphatic heterocycles. The predicted molar refractivity (Wildman–Crippen MR) is 178 cm³/mol. The molecule has 0 aromatic heterocycles. The Labute approximate surface area is 270 Å². The highest BCUT2D eigenvalue weighted by Crippen LogP contribution is 2.34. The van der Waals surface area contributed by atoms with Crippen molar-refractivity contribution in [3.8, 4) is 5.75 Å². The lowest BCUT2D eigenvalue weighted by Gasteiger charge is -2.34. The van der Waals surface area contributed by atoms with Gasteiger partial charge in [-0.25, -0.2) is 12.8 Å². The number of halogens is 1. The molecule has 2 amide bonds. The van der Waals surface area contributed by atoms with Gasteiger partial charge in [0.05, 0.1) is 17.7 Å². The molecule has 0 saturated heterocycles. The summed E-state index contributed by atoms with van der Waals surface area (Å²) < 4.78 is 49.0. The average Bonchev–Trinajstić information content (AvgIpc) is 3.05. The molecule has 0 unspecified atom stereocenters. The van der Waals surface area contributed by atoms with Gasteiger partial charge in [-0.1, -0.05) is 73.2 Å². The zero-order chi connectivity index (χ0) is 33.3. The Hall–Kier alpha value is -4.70. The summed E-state index contributed by atoms with van der Waals surface area (Å²) in [7, 11) is -2.86. The zero-order valence-corrected chi connectivity index (χ0v) is 27.4. The highest BCUT2D eigenvalue weighted by Gasteiger charge is 2.35. The highest BCUT2D eigenvalue weighted by atomic mass is 32.2. The van der Waals surface area contributed by atoms with Crippen molar-refractivity contribution in [1.29, 1.82) is 0 Å². The fourth-order valence-corrected chi connectivity index (χ4v) is 6.47. The maximum Gasteiger partial charge on any atom is 0.264 e. The minimum atomic E-state index is -4.29. The van der Waals surface area contributed by atoms with E-state index in [1.807, 2.05) is 51.1 Å². The monoisotopic (exact) mass is 645 g/mol. The Kier molecular flexibility index (Phi) is 11.5. The first kappa shape index (κ1) is 34.2. The molecule has 0 fully saturated rings. The van der Waals surface area contributed by atoms with Gasteiger partial charge in [0.25, 0.3) is 10.0 Å². The van der Waals surface area contributed by atoms with Gasteiger partial charge in [0.2, 0.25) is 11.8 Å². The van der Waals surface area contributed by atoms with Gasteiger partial charge in [0.15, 0.2) is 0 Å². The molecule has 0 bridgehead atoms. The third-order valence-electron chi connectivity index (χ3n) is 7.58. The van der Waals surface area contributed by atoms with Crippen molar-refractivity contribution in [1.82, 2.24) is 10.2 Å². The van der Waals surface area contributed by atoms with Crippen LogP contribution in [0.1, 0.15) is 35.6 Å². The van der Waals surface area contributed by atoms with E-state index in [4.69, 9.17) is 4.74 Å². The van der Waals surface area contributed by atoms with Crippen molar-refractivity contribution < 1.29 is 27.1 Å². The molecule has 4 aromatic carbocycles. The topological polar surface area (TPSA) is 96.0 Å². The summed E-state index contributed by atoms with van der Waals surface area (Å²) in [5.41, 5.74) is 3.23. The maximum absolute atomic E-state index is 14.5. The van der Waals surface area contributed by atoms with Crippen LogP contribution in [0.25, 0.3) is 0 Å². The molecular weight excluding hydrogens is 605 g/mol. The molecule has 8 nitrogen and oxygen atoms in total. The minimum Gasteiger partial charge on any atom is -0.495 e. The summed E-state index contributed by atoms with van der Waals surface area (Å²) in [6.07, 6.45) is 0.868. The number of hydrogen-bond acceptors (Lipinski definition) is 5. The second kappa shape index (κ2) is 15.5. The van der Waals surface area contributed by atoms with Crippen LogP contribution >= 0.6 is 0 Å². The Morgan fingerprint density at radius 3 is 2.15 bits per heavy atom. The minimum absolute atomic E-state index is 0.000989. The Morgan fingerprint density at radius 2 is 1.52 bits per heavy atom. The first-order chi connectivity index (χ1) is 22.0. The zero-order valence-electron chi connectivity index (χ0n) is 26.6. The molecule has 1 N–H and O–H groups in total. The summed E-state index contributed by atoms with van der Waals surface area (Å²) >= 11 is 0. The highest BCUT2D eigenvalue weighted by molar-refractivity contribution is 7.92. The van der Waals surface area contributed by atoms with Gasteiger partial charge in [0, 0.05) is 19.5 Å². The molecule has 242 valence electrons. The van der Waals surface area contributed by atoms with Crippen molar-refractivity contribution in [3.63, 3.8) is 0 Å². The average molecular weight is 646 g/mol. The van der Waals surface area contributed by atoms with Crippen LogP contribution in [0, 0.1) is 19.7 Å². The number of benzene rings is 4. The first-order valence-electron chi connectivity index (χ1n) is 15.1. The number of sulfonamides is 1. The number of carbonyl (C=O) groups excluding carboxylic acids is 2. The van der Waals surface area contributed by atoms with E-state index in [1.54, 1.807) is 42.5 Å². The van der Waals surface area contributed by atoms with Crippen molar-refractivity contribution in [2.24, 2.45) is 0 Å². The van der Waals surface area contributed by atoms with E-state index in [1.165, 1.54) is 36.3 Å². The predicted octanol–water partition coefficient (Wildman–Crippen LogP) is 5.81. The van der Waals surface area contributed by atoms with E-state index in [9.17, 15) is 22.4 Å². The van der Waals surface area contributed by atoms with Crippen molar-refractivity contribution >= 4 is 27.5 Å². The van der Waals surface area contributed by atoms with E-state index in [2.05, 4.69) is 5.32 Å². The quantitative estimate of drug-likeness (QED) is 0.187. The number of rotatable bonds is 14. The number of hydrogen-bond donors (Lipinski definition) is 1. The van der Waals surface area contributed by atoms with Crippen LogP contribution in [0.15, 0.2) is 102 Å². The van der Waals surface area contributed by atoms with Crippen LogP contribution in [0.4, 0.5) is 10.1 Å². The number of anilines is 1. The van der Waals surface area contributed by atoms with Crippen LogP contribution < -0.4 is 14.4 Å². The lowest BCUT2D eigenvalue weighted by molar-refractivity contribution is -0.140. The third kappa shape index (κ3) is 8.51. The molecule has 0 radical (unpaired) electrons. The van der Waals surface area contributed by atoms with Gasteiger partial charge in [-0.15, -0.1) is 0 Å². The number of methoxy groups -OCH3 is 1. The number of aryl methyl sites for hydroxylation is 2. The lowest BCUT2D eigenvalue weighted by atomic mass is 10.0. The van der Waals surface area contributed by atoms with Crippen molar-refractivity contribution in [2.45, 2.75) is 51.1 Å². The van der Waals surface area contributed by atoms with Crippen LogP contribution in [0.3, 0.4) is 0 Å². The molecule has 0 aliphatic rings. The van der Waals surface area contributed by atoms with E-state index >= 15 is 0 Å².